The standard InChI is InChI=1S/C24H22ClFN4O4/c1-14-12-28-23(34-14)22(31)10-16(9-18(24(32)33)13-29-30-27)8-15-2-4-17(5-3-15)20-11-19(25)6-7-21(20)26/h2-7,11-12,16,18H,8-10,13H2,1H3,(H,32,33)/t16-,18+/m1/s1. The Morgan fingerprint density at radius 1 is 1.26 bits per heavy atom. The maximum atomic E-state index is 14.2. The van der Waals surface area contributed by atoms with E-state index in [0.29, 0.717) is 28.3 Å². The Balaban J connectivity index is 1.81. The summed E-state index contributed by atoms with van der Waals surface area (Å²) in [5.41, 5.74) is 10.4. The second kappa shape index (κ2) is 11.4. The smallest absolute Gasteiger partial charge is 0.306 e. The fourth-order valence-electron chi connectivity index (χ4n) is 3.74. The maximum Gasteiger partial charge on any atom is 0.306 e. The summed E-state index contributed by atoms with van der Waals surface area (Å²) >= 11 is 5.99. The lowest BCUT2D eigenvalue weighted by Gasteiger charge is -2.19. The van der Waals surface area contributed by atoms with Crippen molar-refractivity contribution in [3.05, 3.63) is 87.2 Å². The van der Waals surface area contributed by atoms with E-state index >= 15 is 0 Å². The van der Waals surface area contributed by atoms with Crippen LogP contribution in [-0.2, 0) is 11.2 Å². The first-order valence-electron chi connectivity index (χ1n) is 10.5. The monoisotopic (exact) mass is 484 g/mol. The van der Waals surface area contributed by atoms with Crippen LogP contribution in [-0.4, -0.2) is 28.4 Å². The highest BCUT2D eigenvalue weighted by atomic mass is 35.5. The number of carboxylic acids is 1. The predicted octanol–water partition coefficient (Wildman–Crippen LogP) is 6.28. The molecule has 0 bridgehead atoms. The molecule has 0 aliphatic heterocycles. The molecule has 1 N–H and O–H groups in total. The first-order chi connectivity index (χ1) is 16.3. The molecule has 1 aromatic heterocycles. The van der Waals surface area contributed by atoms with Crippen LogP contribution in [0.5, 0.6) is 0 Å². The number of benzene rings is 2. The fourth-order valence-corrected chi connectivity index (χ4v) is 3.91. The molecule has 0 amide bonds. The fraction of sp³-hybridized carbons (Fsp3) is 0.292. The van der Waals surface area contributed by atoms with E-state index in [2.05, 4.69) is 15.0 Å². The van der Waals surface area contributed by atoms with Crippen LogP contribution in [0, 0.1) is 24.6 Å². The average Bonchev–Trinajstić information content (AvgIpc) is 3.25. The van der Waals surface area contributed by atoms with Gasteiger partial charge in [0.05, 0.1) is 12.1 Å². The van der Waals surface area contributed by atoms with Gasteiger partial charge in [0.15, 0.2) is 0 Å². The number of hydrogen-bond acceptors (Lipinski definition) is 5. The number of oxazole rings is 1. The highest BCUT2D eigenvalue weighted by Crippen LogP contribution is 2.28. The van der Waals surface area contributed by atoms with Gasteiger partial charge in [0, 0.05) is 28.5 Å². The second-order valence-electron chi connectivity index (χ2n) is 7.98. The number of hydrogen-bond donors (Lipinski definition) is 1. The first-order valence-corrected chi connectivity index (χ1v) is 10.9. The van der Waals surface area contributed by atoms with E-state index in [1.54, 1.807) is 37.3 Å². The number of aliphatic carboxylic acids is 1. The Morgan fingerprint density at radius 3 is 2.62 bits per heavy atom. The molecular weight excluding hydrogens is 463 g/mol. The topological polar surface area (TPSA) is 129 Å². The molecule has 0 aliphatic rings. The highest BCUT2D eigenvalue weighted by Gasteiger charge is 2.26. The normalized spacial score (nSPS) is 12.6. The summed E-state index contributed by atoms with van der Waals surface area (Å²) < 4.78 is 19.5. The number of carbonyl (C=O) groups is 2. The van der Waals surface area contributed by atoms with Crippen LogP contribution in [0.1, 0.15) is 34.9 Å². The van der Waals surface area contributed by atoms with Crippen molar-refractivity contribution in [3.8, 4) is 11.1 Å². The Hall–Kier alpha value is -3.68. The molecule has 0 spiro atoms. The number of ketones is 1. The van der Waals surface area contributed by atoms with Crippen LogP contribution in [0.4, 0.5) is 4.39 Å². The molecule has 176 valence electrons. The highest BCUT2D eigenvalue weighted by molar-refractivity contribution is 6.30. The van der Waals surface area contributed by atoms with Crippen LogP contribution in [0.25, 0.3) is 21.6 Å². The molecule has 0 saturated heterocycles. The number of carbonyl (C=O) groups excluding carboxylic acids is 1. The van der Waals surface area contributed by atoms with E-state index < -0.39 is 17.7 Å². The Bertz CT molecular complexity index is 1220. The van der Waals surface area contributed by atoms with Gasteiger partial charge < -0.3 is 9.52 Å². The van der Waals surface area contributed by atoms with Crippen molar-refractivity contribution in [1.82, 2.24) is 4.98 Å². The number of Topliss-reactive ketones (excluding diaryl/α,β-unsaturated/α-hetero) is 1. The van der Waals surface area contributed by atoms with Crippen LogP contribution in [0.2, 0.25) is 5.02 Å². The zero-order valence-electron chi connectivity index (χ0n) is 18.3. The number of nitrogens with zero attached hydrogens (tertiary/aromatic N) is 4. The van der Waals surface area contributed by atoms with Crippen molar-refractivity contribution in [2.24, 2.45) is 17.0 Å². The zero-order valence-corrected chi connectivity index (χ0v) is 19.1. The van der Waals surface area contributed by atoms with E-state index in [1.165, 1.54) is 18.3 Å². The number of halogens is 2. The van der Waals surface area contributed by atoms with Crippen LogP contribution in [0.15, 0.2) is 58.2 Å². The van der Waals surface area contributed by atoms with Crippen LogP contribution in [0.3, 0.4) is 0 Å². The third kappa shape index (κ3) is 6.66. The van der Waals surface area contributed by atoms with Gasteiger partial charge in [-0.15, -0.1) is 0 Å². The molecule has 1 heterocycles. The molecule has 10 heteroatoms. The van der Waals surface area contributed by atoms with Gasteiger partial charge in [0.1, 0.15) is 11.6 Å². The van der Waals surface area contributed by atoms with Crippen molar-refractivity contribution in [1.29, 1.82) is 0 Å². The van der Waals surface area contributed by atoms with E-state index in [-0.39, 0.29) is 37.0 Å². The number of aromatic nitrogens is 1. The molecule has 0 radical (unpaired) electrons. The first kappa shape index (κ1) is 25.0. The lowest BCUT2D eigenvalue weighted by molar-refractivity contribution is -0.142. The van der Waals surface area contributed by atoms with Crippen LogP contribution < -0.4 is 0 Å². The molecule has 3 aromatic rings. The van der Waals surface area contributed by atoms with E-state index in [9.17, 15) is 19.1 Å². The molecule has 2 aromatic carbocycles. The van der Waals surface area contributed by atoms with Crippen molar-refractivity contribution in [2.75, 3.05) is 6.54 Å². The van der Waals surface area contributed by atoms with E-state index in [0.717, 1.165) is 5.56 Å². The Kier molecular flexibility index (Phi) is 8.40. The van der Waals surface area contributed by atoms with Gasteiger partial charge in [-0.3, -0.25) is 9.59 Å². The van der Waals surface area contributed by atoms with E-state index in [4.69, 9.17) is 21.5 Å². The molecule has 2 atom stereocenters. The summed E-state index contributed by atoms with van der Waals surface area (Å²) in [6.07, 6.45) is 1.94. The minimum absolute atomic E-state index is 0.00464. The molecule has 34 heavy (non-hydrogen) atoms. The molecule has 0 aliphatic carbocycles. The third-order valence-corrected chi connectivity index (χ3v) is 5.62. The summed E-state index contributed by atoms with van der Waals surface area (Å²) in [4.78, 5) is 31.0. The van der Waals surface area contributed by atoms with Crippen LogP contribution >= 0.6 is 11.6 Å². The van der Waals surface area contributed by atoms with Gasteiger partial charge in [0.25, 0.3) is 5.89 Å². The van der Waals surface area contributed by atoms with Gasteiger partial charge >= 0.3 is 5.97 Å². The molecular formula is C24H22ClFN4O4. The maximum absolute atomic E-state index is 14.2. The summed E-state index contributed by atoms with van der Waals surface area (Å²) in [5.74, 6) is -2.72. The van der Waals surface area contributed by atoms with Gasteiger partial charge in [-0.1, -0.05) is 41.0 Å². The van der Waals surface area contributed by atoms with Crippen molar-refractivity contribution in [2.45, 2.75) is 26.2 Å². The molecule has 0 fully saturated rings. The quantitative estimate of drug-likeness (QED) is 0.148. The lowest BCUT2D eigenvalue weighted by atomic mass is 9.85. The van der Waals surface area contributed by atoms with Crippen molar-refractivity contribution >= 4 is 23.4 Å². The van der Waals surface area contributed by atoms with Crippen molar-refractivity contribution in [3.63, 3.8) is 0 Å². The predicted molar refractivity (Wildman–Crippen MR) is 124 cm³/mol. The molecule has 0 saturated carbocycles. The summed E-state index contributed by atoms with van der Waals surface area (Å²) in [5, 5.41) is 13.3. The van der Waals surface area contributed by atoms with Gasteiger partial charge in [-0.25, -0.2) is 9.37 Å². The van der Waals surface area contributed by atoms with Crippen molar-refractivity contribution < 1.29 is 23.5 Å². The van der Waals surface area contributed by atoms with E-state index in [1.807, 2.05) is 0 Å². The number of rotatable bonds is 11. The Labute approximate surface area is 200 Å². The van der Waals surface area contributed by atoms with Gasteiger partial charge in [-0.05, 0) is 60.5 Å². The SMILES string of the molecule is Cc1cnc(C(=O)C[C@H](Cc2ccc(-c3cc(Cl)ccc3F)cc2)C[C@@H](CN=[N+]=[N-])C(=O)O)o1. The molecule has 3 rings (SSSR count). The average molecular weight is 485 g/mol. The number of aryl methyl sites for hydroxylation is 1. The summed E-state index contributed by atoms with van der Waals surface area (Å²) in [7, 11) is 0. The second-order valence-corrected chi connectivity index (χ2v) is 8.42. The summed E-state index contributed by atoms with van der Waals surface area (Å²) in [6, 6.07) is 11.4. The van der Waals surface area contributed by atoms with Gasteiger partial charge in [-0.2, -0.15) is 0 Å². The zero-order chi connectivity index (χ0) is 24.7. The summed E-state index contributed by atoms with van der Waals surface area (Å²) in [6.45, 7) is 1.45. The Morgan fingerprint density at radius 2 is 2.00 bits per heavy atom. The lowest BCUT2D eigenvalue weighted by Crippen LogP contribution is -2.23. The number of azide groups is 1. The number of carboxylic acid groups (broad SMARTS) is 1. The van der Waals surface area contributed by atoms with Gasteiger partial charge in [0.2, 0.25) is 5.78 Å². The third-order valence-electron chi connectivity index (χ3n) is 5.38. The molecule has 0 unspecified atom stereocenters. The largest absolute Gasteiger partial charge is 0.481 e. The molecule has 8 nitrogen and oxygen atoms in total. The minimum atomic E-state index is -1.11. The minimum Gasteiger partial charge on any atom is -0.481 e.